The summed E-state index contributed by atoms with van der Waals surface area (Å²) in [5.74, 6) is 0. The van der Waals surface area contributed by atoms with Crippen LogP contribution in [0.5, 0.6) is 0 Å². The molecule has 2 aromatic heterocycles. The van der Waals surface area contributed by atoms with E-state index >= 15 is 0 Å². The molecule has 0 aliphatic heterocycles. The van der Waals surface area contributed by atoms with Crippen LogP contribution in [0.4, 0.5) is 0 Å². The van der Waals surface area contributed by atoms with Crippen molar-refractivity contribution in [1.82, 2.24) is 15.3 Å². The molecule has 19 heavy (non-hydrogen) atoms. The fourth-order valence-corrected chi connectivity index (χ4v) is 3.95. The van der Waals surface area contributed by atoms with E-state index in [2.05, 4.69) is 30.2 Å². The number of nitrogens with one attached hydrogen (secondary N) is 1. The van der Waals surface area contributed by atoms with Crippen molar-refractivity contribution in [3.63, 3.8) is 0 Å². The Labute approximate surface area is 118 Å². The normalized spacial score (nSPS) is 18.3. The van der Waals surface area contributed by atoms with Gasteiger partial charge in [-0.15, -0.1) is 11.3 Å². The van der Waals surface area contributed by atoms with Crippen LogP contribution in [0.15, 0.2) is 18.5 Å². The Morgan fingerprint density at radius 1 is 1.47 bits per heavy atom. The van der Waals surface area contributed by atoms with E-state index in [0.717, 1.165) is 11.6 Å². The van der Waals surface area contributed by atoms with Crippen LogP contribution in [0.25, 0.3) is 10.6 Å². The van der Waals surface area contributed by atoms with Crippen LogP contribution in [0.2, 0.25) is 0 Å². The lowest BCUT2D eigenvalue weighted by Gasteiger charge is -2.21. The Morgan fingerprint density at radius 3 is 3.16 bits per heavy atom. The quantitative estimate of drug-likeness (QED) is 0.930. The molecule has 4 heteroatoms. The monoisotopic (exact) mass is 273 g/mol. The number of rotatable bonds is 3. The predicted molar refractivity (Wildman–Crippen MR) is 79.4 cm³/mol. The van der Waals surface area contributed by atoms with Gasteiger partial charge in [0.25, 0.3) is 0 Å². The van der Waals surface area contributed by atoms with Gasteiger partial charge in [0.1, 0.15) is 5.01 Å². The molecule has 1 N–H and O–H groups in total. The summed E-state index contributed by atoms with van der Waals surface area (Å²) in [6.07, 6.45) is 7.42. The van der Waals surface area contributed by atoms with Gasteiger partial charge in [0.15, 0.2) is 0 Å². The highest BCUT2D eigenvalue weighted by atomic mass is 32.1. The second kappa shape index (κ2) is 5.39. The summed E-state index contributed by atoms with van der Waals surface area (Å²) in [6.45, 7) is 5.27. The van der Waals surface area contributed by atoms with E-state index in [0.29, 0.717) is 6.04 Å². The number of hydrogen-bond donors (Lipinski definition) is 1. The highest BCUT2D eigenvalue weighted by Gasteiger charge is 2.24. The van der Waals surface area contributed by atoms with E-state index in [1.54, 1.807) is 0 Å². The van der Waals surface area contributed by atoms with Gasteiger partial charge in [0.05, 0.1) is 11.7 Å². The van der Waals surface area contributed by atoms with E-state index in [9.17, 15) is 0 Å². The number of thiazole rings is 1. The molecule has 0 saturated heterocycles. The van der Waals surface area contributed by atoms with Crippen LogP contribution in [-0.4, -0.2) is 16.5 Å². The van der Waals surface area contributed by atoms with Crippen LogP contribution < -0.4 is 5.32 Å². The highest BCUT2D eigenvalue weighted by Crippen LogP contribution is 2.37. The van der Waals surface area contributed by atoms with Gasteiger partial charge >= 0.3 is 0 Å². The standard InChI is InChI=1S/C15H19N3S/c1-3-17-12-5-4-6-13-14(12)18-15(19-13)11-7-8-16-9-10(11)2/h7-9,12,17H,3-6H2,1-2H3. The summed E-state index contributed by atoms with van der Waals surface area (Å²) < 4.78 is 0. The van der Waals surface area contributed by atoms with E-state index in [4.69, 9.17) is 4.98 Å². The van der Waals surface area contributed by atoms with Crippen LogP contribution in [0.3, 0.4) is 0 Å². The van der Waals surface area contributed by atoms with Gasteiger partial charge in [-0.1, -0.05) is 6.92 Å². The van der Waals surface area contributed by atoms with Crippen molar-refractivity contribution >= 4 is 11.3 Å². The molecular formula is C15H19N3S. The molecule has 2 aromatic rings. The molecule has 3 nitrogen and oxygen atoms in total. The van der Waals surface area contributed by atoms with Crippen molar-refractivity contribution in [2.45, 2.75) is 39.2 Å². The molecule has 0 saturated carbocycles. The second-order valence-electron chi connectivity index (χ2n) is 5.02. The van der Waals surface area contributed by atoms with E-state index in [-0.39, 0.29) is 0 Å². The first-order valence-electron chi connectivity index (χ1n) is 6.93. The first-order valence-corrected chi connectivity index (χ1v) is 7.75. The van der Waals surface area contributed by atoms with Gasteiger partial charge in [-0.25, -0.2) is 4.98 Å². The minimum absolute atomic E-state index is 0.445. The van der Waals surface area contributed by atoms with Gasteiger partial charge in [-0.3, -0.25) is 4.98 Å². The molecule has 100 valence electrons. The number of pyridine rings is 1. The zero-order valence-corrected chi connectivity index (χ0v) is 12.3. The SMILES string of the molecule is CCNC1CCCc2sc(-c3ccncc3C)nc21. The fraction of sp³-hybridized carbons (Fsp3) is 0.467. The maximum absolute atomic E-state index is 4.91. The second-order valence-corrected chi connectivity index (χ2v) is 6.10. The zero-order chi connectivity index (χ0) is 13.2. The average molecular weight is 273 g/mol. The van der Waals surface area contributed by atoms with Crippen molar-refractivity contribution in [2.75, 3.05) is 6.54 Å². The smallest absolute Gasteiger partial charge is 0.124 e. The van der Waals surface area contributed by atoms with Crippen molar-refractivity contribution in [3.8, 4) is 10.6 Å². The topological polar surface area (TPSA) is 37.8 Å². The van der Waals surface area contributed by atoms with Crippen LogP contribution >= 0.6 is 11.3 Å². The van der Waals surface area contributed by atoms with Crippen molar-refractivity contribution in [1.29, 1.82) is 0 Å². The fourth-order valence-electron chi connectivity index (χ4n) is 2.69. The highest BCUT2D eigenvalue weighted by molar-refractivity contribution is 7.15. The summed E-state index contributed by atoms with van der Waals surface area (Å²) in [7, 11) is 0. The zero-order valence-electron chi connectivity index (χ0n) is 11.4. The Kier molecular flexibility index (Phi) is 3.62. The largest absolute Gasteiger partial charge is 0.309 e. The molecule has 1 aliphatic carbocycles. The maximum atomic E-state index is 4.91. The summed E-state index contributed by atoms with van der Waals surface area (Å²) in [6, 6.07) is 2.52. The molecule has 3 rings (SSSR count). The van der Waals surface area contributed by atoms with Gasteiger partial charge in [-0.05, 0) is 44.4 Å². The number of fused-ring (bicyclic) bond motifs is 1. The van der Waals surface area contributed by atoms with E-state index < -0.39 is 0 Å². The molecule has 0 amide bonds. The van der Waals surface area contributed by atoms with E-state index in [1.165, 1.54) is 41.0 Å². The molecule has 0 radical (unpaired) electrons. The molecule has 1 atom stereocenters. The van der Waals surface area contributed by atoms with Crippen molar-refractivity contribution < 1.29 is 0 Å². The minimum Gasteiger partial charge on any atom is -0.309 e. The third kappa shape index (κ3) is 2.42. The summed E-state index contributed by atoms with van der Waals surface area (Å²) >= 11 is 1.85. The van der Waals surface area contributed by atoms with Crippen LogP contribution in [-0.2, 0) is 6.42 Å². The van der Waals surface area contributed by atoms with Crippen molar-refractivity contribution in [3.05, 3.63) is 34.6 Å². The molecule has 0 spiro atoms. The van der Waals surface area contributed by atoms with E-state index in [1.807, 2.05) is 23.7 Å². The molecule has 0 fully saturated rings. The van der Waals surface area contributed by atoms with Gasteiger partial charge in [0.2, 0.25) is 0 Å². The Hall–Kier alpha value is -1.26. The average Bonchev–Trinajstić information content (AvgIpc) is 2.84. The molecule has 2 heterocycles. The molecule has 0 bridgehead atoms. The molecule has 1 aliphatic rings. The predicted octanol–water partition coefficient (Wildman–Crippen LogP) is 3.50. The molecular weight excluding hydrogens is 254 g/mol. The van der Waals surface area contributed by atoms with Gasteiger partial charge < -0.3 is 5.32 Å². The summed E-state index contributed by atoms with van der Waals surface area (Å²) in [5.41, 5.74) is 3.71. The first kappa shape index (κ1) is 12.8. The van der Waals surface area contributed by atoms with Crippen LogP contribution in [0, 0.1) is 6.92 Å². The van der Waals surface area contributed by atoms with Crippen molar-refractivity contribution in [2.24, 2.45) is 0 Å². The lowest BCUT2D eigenvalue weighted by Crippen LogP contribution is -2.24. The minimum atomic E-state index is 0.445. The Morgan fingerprint density at radius 2 is 2.37 bits per heavy atom. The molecule has 1 unspecified atom stereocenters. The van der Waals surface area contributed by atoms with Crippen LogP contribution in [0.1, 0.15) is 41.9 Å². The Bertz CT molecular complexity index is 577. The Balaban J connectivity index is 2.00. The maximum Gasteiger partial charge on any atom is 0.124 e. The first-order chi connectivity index (χ1) is 9.29. The third-order valence-corrected chi connectivity index (χ3v) is 4.82. The lowest BCUT2D eigenvalue weighted by atomic mass is 9.97. The summed E-state index contributed by atoms with van der Waals surface area (Å²) in [5, 5.41) is 4.70. The third-order valence-electron chi connectivity index (χ3n) is 3.66. The summed E-state index contributed by atoms with van der Waals surface area (Å²) in [4.78, 5) is 10.5. The van der Waals surface area contributed by atoms with Gasteiger partial charge in [-0.2, -0.15) is 0 Å². The number of aryl methyl sites for hydroxylation is 2. The number of aromatic nitrogens is 2. The lowest BCUT2D eigenvalue weighted by molar-refractivity contribution is 0.465. The van der Waals surface area contributed by atoms with Gasteiger partial charge in [0, 0.05) is 22.8 Å². The number of nitrogens with zero attached hydrogens (tertiary/aromatic N) is 2. The number of hydrogen-bond acceptors (Lipinski definition) is 4. The molecule has 0 aromatic carbocycles.